The number of rotatable bonds is 4. The number of carbonyl (C=O) groups excluding carboxylic acids is 1. The van der Waals surface area contributed by atoms with E-state index in [0.29, 0.717) is 15.6 Å². The zero-order valence-corrected chi connectivity index (χ0v) is 16.7. The number of amides is 1. The van der Waals surface area contributed by atoms with Crippen molar-refractivity contribution in [3.05, 3.63) is 49.8 Å². The third-order valence-electron chi connectivity index (χ3n) is 4.44. The number of nitrogens with zero attached hydrogens (tertiary/aromatic N) is 2. The number of hydrogen-bond donors (Lipinski definition) is 1. The smallest absolute Gasteiger partial charge is 0.262 e. The lowest BCUT2D eigenvalue weighted by atomic mass is 10.2. The van der Waals surface area contributed by atoms with Gasteiger partial charge >= 0.3 is 0 Å². The number of halogens is 2. The van der Waals surface area contributed by atoms with E-state index in [-0.39, 0.29) is 17.0 Å². The summed E-state index contributed by atoms with van der Waals surface area (Å²) in [7, 11) is 1.66. The van der Waals surface area contributed by atoms with Crippen LogP contribution in [0.2, 0.25) is 5.02 Å². The molecule has 0 saturated heterocycles. The number of aromatic nitrogens is 2. The maximum atomic E-state index is 13.7. The lowest BCUT2D eigenvalue weighted by Gasteiger charge is -2.09. The second-order valence-electron chi connectivity index (χ2n) is 6.26. The van der Waals surface area contributed by atoms with E-state index in [1.807, 2.05) is 0 Å². The monoisotopic (exact) mass is 423 g/mol. The zero-order valence-electron chi connectivity index (χ0n) is 14.3. The molecule has 0 aliphatic heterocycles. The first-order chi connectivity index (χ1) is 12.9. The Labute approximate surface area is 167 Å². The first kappa shape index (κ1) is 18.5. The Morgan fingerprint density at radius 1 is 1.44 bits per heavy atom. The average molecular weight is 424 g/mol. The standard InChI is InChI=1S/C18H15ClFN3O2S2/c1-23-17(25)15-10-3-2-4-13(10)27-16(15)22-18(23)26-8-14(24)21-12-7-9(19)5-6-11(12)20/h5-7H,2-4,8H2,1H3,(H,21,24). The fourth-order valence-corrected chi connectivity index (χ4v) is 5.39. The molecular weight excluding hydrogens is 409 g/mol. The van der Waals surface area contributed by atoms with E-state index in [4.69, 9.17) is 11.6 Å². The predicted molar refractivity (Wildman–Crippen MR) is 108 cm³/mol. The second kappa shape index (κ2) is 7.26. The maximum absolute atomic E-state index is 13.7. The van der Waals surface area contributed by atoms with Gasteiger partial charge in [0.15, 0.2) is 5.16 Å². The molecule has 5 nitrogen and oxygen atoms in total. The number of hydrogen-bond acceptors (Lipinski definition) is 5. The molecule has 2 heterocycles. The number of thioether (sulfide) groups is 1. The van der Waals surface area contributed by atoms with Gasteiger partial charge in [0.2, 0.25) is 5.91 Å². The maximum Gasteiger partial charge on any atom is 0.262 e. The molecular formula is C18H15ClFN3O2S2. The SMILES string of the molecule is Cn1c(SCC(=O)Nc2cc(Cl)ccc2F)nc2sc3c(c2c1=O)CCC3. The van der Waals surface area contributed by atoms with E-state index in [0.717, 1.165) is 41.4 Å². The minimum Gasteiger partial charge on any atom is -0.323 e. The average Bonchev–Trinajstić information content (AvgIpc) is 3.20. The summed E-state index contributed by atoms with van der Waals surface area (Å²) >= 11 is 8.53. The number of nitrogens with one attached hydrogen (secondary N) is 1. The third-order valence-corrected chi connectivity index (χ3v) is 6.89. The molecule has 0 spiro atoms. The molecule has 3 aromatic rings. The first-order valence-electron chi connectivity index (χ1n) is 8.33. The van der Waals surface area contributed by atoms with E-state index in [2.05, 4.69) is 10.3 Å². The molecule has 1 N–H and O–H groups in total. The van der Waals surface area contributed by atoms with Crippen molar-refractivity contribution in [1.82, 2.24) is 9.55 Å². The van der Waals surface area contributed by atoms with Gasteiger partial charge in [-0.25, -0.2) is 9.37 Å². The lowest BCUT2D eigenvalue weighted by Crippen LogP contribution is -2.21. The number of thiophene rings is 1. The van der Waals surface area contributed by atoms with Crippen molar-refractivity contribution in [1.29, 1.82) is 0 Å². The van der Waals surface area contributed by atoms with Gasteiger partial charge in [-0.15, -0.1) is 11.3 Å². The minimum atomic E-state index is -0.558. The molecule has 0 saturated carbocycles. The molecule has 0 fully saturated rings. The topological polar surface area (TPSA) is 64.0 Å². The van der Waals surface area contributed by atoms with Gasteiger partial charge in [0.1, 0.15) is 10.6 Å². The van der Waals surface area contributed by atoms with Crippen LogP contribution >= 0.6 is 34.7 Å². The van der Waals surface area contributed by atoms with Crippen LogP contribution in [0.4, 0.5) is 10.1 Å². The number of anilines is 1. The molecule has 0 bridgehead atoms. The molecule has 0 atom stereocenters. The van der Waals surface area contributed by atoms with Crippen LogP contribution < -0.4 is 10.9 Å². The lowest BCUT2D eigenvalue weighted by molar-refractivity contribution is -0.113. The molecule has 2 aromatic heterocycles. The quantitative estimate of drug-likeness (QED) is 0.508. The molecule has 4 rings (SSSR count). The summed E-state index contributed by atoms with van der Waals surface area (Å²) in [6, 6.07) is 3.96. The largest absolute Gasteiger partial charge is 0.323 e. The highest BCUT2D eigenvalue weighted by Crippen LogP contribution is 2.35. The molecule has 27 heavy (non-hydrogen) atoms. The summed E-state index contributed by atoms with van der Waals surface area (Å²) < 4.78 is 15.2. The van der Waals surface area contributed by atoms with Crippen LogP contribution in [0.15, 0.2) is 28.2 Å². The highest BCUT2D eigenvalue weighted by molar-refractivity contribution is 7.99. The highest BCUT2D eigenvalue weighted by atomic mass is 35.5. The third kappa shape index (κ3) is 3.49. The van der Waals surface area contributed by atoms with Gasteiger partial charge in [0.05, 0.1) is 16.8 Å². The Kier molecular flexibility index (Phi) is 4.96. The van der Waals surface area contributed by atoms with Crippen molar-refractivity contribution < 1.29 is 9.18 Å². The molecule has 1 aromatic carbocycles. The fraction of sp³-hybridized carbons (Fsp3) is 0.278. The summed E-state index contributed by atoms with van der Waals surface area (Å²) in [5.74, 6) is -0.954. The normalized spacial score (nSPS) is 13.1. The Balaban J connectivity index is 1.54. The van der Waals surface area contributed by atoms with Crippen molar-refractivity contribution in [2.24, 2.45) is 7.05 Å². The first-order valence-corrected chi connectivity index (χ1v) is 10.5. The van der Waals surface area contributed by atoms with Gasteiger partial charge in [-0.3, -0.25) is 14.2 Å². The predicted octanol–water partition coefficient (Wildman–Crippen LogP) is 4.01. The van der Waals surface area contributed by atoms with Crippen LogP contribution in [0.25, 0.3) is 10.2 Å². The molecule has 1 aliphatic carbocycles. The number of benzene rings is 1. The minimum absolute atomic E-state index is 0.00281. The fourth-order valence-electron chi connectivity index (χ4n) is 3.14. The Morgan fingerprint density at radius 2 is 2.26 bits per heavy atom. The molecule has 0 radical (unpaired) electrons. The summed E-state index contributed by atoms with van der Waals surface area (Å²) in [6.45, 7) is 0. The van der Waals surface area contributed by atoms with Crippen LogP contribution in [0, 0.1) is 5.82 Å². The van der Waals surface area contributed by atoms with Gasteiger partial charge < -0.3 is 5.32 Å². The molecule has 140 valence electrons. The van der Waals surface area contributed by atoms with E-state index >= 15 is 0 Å². The Bertz CT molecular complexity index is 1130. The zero-order chi connectivity index (χ0) is 19.1. The second-order valence-corrected chi connectivity index (χ2v) is 8.72. The molecule has 1 amide bonds. The van der Waals surface area contributed by atoms with Gasteiger partial charge in [-0.2, -0.15) is 0 Å². The summed E-state index contributed by atoms with van der Waals surface area (Å²) in [5, 5.41) is 4.00. The van der Waals surface area contributed by atoms with E-state index in [9.17, 15) is 14.0 Å². The van der Waals surface area contributed by atoms with Crippen molar-refractivity contribution in [3.8, 4) is 0 Å². The van der Waals surface area contributed by atoms with Crippen LogP contribution in [0.1, 0.15) is 16.9 Å². The molecule has 1 aliphatic rings. The summed E-state index contributed by atoms with van der Waals surface area (Å²) in [5.41, 5.74) is 1.08. The van der Waals surface area contributed by atoms with Crippen molar-refractivity contribution in [3.63, 3.8) is 0 Å². The van der Waals surface area contributed by atoms with Crippen LogP contribution in [-0.2, 0) is 24.7 Å². The Morgan fingerprint density at radius 3 is 3.07 bits per heavy atom. The van der Waals surface area contributed by atoms with Crippen LogP contribution in [0.3, 0.4) is 0 Å². The summed E-state index contributed by atoms with van der Waals surface area (Å²) in [4.78, 5) is 31.5. The highest BCUT2D eigenvalue weighted by Gasteiger charge is 2.22. The molecule has 0 unspecified atom stereocenters. The van der Waals surface area contributed by atoms with Gasteiger partial charge in [-0.1, -0.05) is 23.4 Å². The van der Waals surface area contributed by atoms with Gasteiger partial charge in [0, 0.05) is 16.9 Å². The number of carbonyl (C=O) groups is 1. The van der Waals surface area contributed by atoms with E-state index in [1.54, 1.807) is 18.4 Å². The number of fused-ring (bicyclic) bond motifs is 3. The van der Waals surface area contributed by atoms with Crippen molar-refractivity contribution in [2.45, 2.75) is 24.4 Å². The van der Waals surface area contributed by atoms with E-state index in [1.165, 1.54) is 27.6 Å². The van der Waals surface area contributed by atoms with Crippen molar-refractivity contribution >= 4 is 56.5 Å². The Hall–Kier alpha value is -1.90. The van der Waals surface area contributed by atoms with Crippen LogP contribution in [0.5, 0.6) is 0 Å². The van der Waals surface area contributed by atoms with Gasteiger partial charge in [-0.05, 0) is 43.0 Å². The van der Waals surface area contributed by atoms with Crippen LogP contribution in [-0.4, -0.2) is 21.2 Å². The van der Waals surface area contributed by atoms with Crippen molar-refractivity contribution in [2.75, 3.05) is 11.1 Å². The molecule has 9 heteroatoms. The number of aryl methyl sites for hydroxylation is 2. The van der Waals surface area contributed by atoms with Gasteiger partial charge in [0.25, 0.3) is 5.56 Å². The van der Waals surface area contributed by atoms with E-state index < -0.39 is 11.7 Å². The summed E-state index contributed by atoms with van der Waals surface area (Å²) in [6.07, 6.45) is 3.00.